The van der Waals surface area contributed by atoms with Crippen molar-refractivity contribution in [2.24, 2.45) is 0 Å². The second-order valence-corrected chi connectivity index (χ2v) is 2.94. The molecule has 18 heavy (non-hydrogen) atoms. The van der Waals surface area contributed by atoms with Crippen molar-refractivity contribution < 1.29 is 17.2 Å². The predicted octanol–water partition coefficient (Wildman–Crippen LogP) is 5.26. The summed E-state index contributed by atoms with van der Waals surface area (Å²) in [5.74, 6) is -0.861. The molecule has 112 valence electrons. The third kappa shape index (κ3) is 25.3. The summed E-state index contributed by atoms with van der Waals surface area (Å²) in [6.45, 7) is 9.79. The molecule has 0 unspecified atom stereocenters. The van der Waals surface area contributed by atoms with Crippen LogP contribution >= 0.6 is 66.5 Å². The minimum absolute atomic E-state index is 0. The Bertz CT molecular complexity index is 228. The van der Waals surface area contributed by atoms with Crippen LogP contribution in [-0.2, 0) is 17.2 Å². The lowest BCUT2D eigenvalue weighted by molar-refractivity contribution is -0.129. The van der Waals surface area contributed by atoms with Gasteiger partial charge in [-0.1, -0.05) is 28.0 Å². The highest BCUT2D eigenvalue weighted by atomic mass is 79.9. The van der Waals surface area contributed by atoms with Gasteiger partial charge in [-0.3, -0.25) is 0 Å². The van der Waals surface area contributed by atoms with E-state index in [-0.39, 0.29) is 48.8 Å². The van der Waals surface area contributed by atoms with Gasteiger partial charge in [-0.2, -0.15) is 0 Å². The fourth-order valence-electron chi connectivity index (χ4n) is 0.132. The first kappa shape index (κ1) is 36.2. The van der Waals surface area contributed by atoms with Crippen molar-refractivity contribution in [3.05, 3.63) is 24.3 Å². The lowest BCUT2D eigenvalue weighted by Crippen LogP contribution is -1.94. The summed E-state index contributed by atoms with van der Waals surface area (Å²) in [4.78, 5) is 20.3. The van der Waals surface area contributed by atoms with Crippen molar-refractivity contribution in [3.63, 3.8) is 0 Å². The maximum Gasteiger partial charge on any atom is 0.344 e. The van der Waals surface area contributed by atoms with E-state index in [1.54, 1.807) is 13.8 Å². The Morgan fingerprint density at radius 1 is 0.833 bits per heavy atom. The molecule has 0 saturated carbocycles. The SMILES string of the molecule is Br.Br.C.C.C=C(C)C(=O)OBr.C=C(C)C(=O)OBr. The van der Waals surface area contributed by atoms with Crippen molar-refractivity contribution in [3.8, 4) is 0 Å². The van der Waals surface area contributed by atoms with Crippen LogP contribution in [-0.4, -0.2) is 11.9 Å². The highest BCUT2D eigenvalue weighted by Gasteiger charge is 1.97. The first-order valence-corrected chi connectivity index (χ1v) is 4.63. The number of hydrogen-bond donors (Lipinski definition) is 0. The normalized spacial score (nSPS) is 6.00. The van der Waals surface area contributed by atoms with Crippen LogP contribution in [0.15, 0.2) is 24.3 Å². The Morgan fingerprint density at radius 2 is 1.00 bits per heavy atom. The van der Waals surface area contributed by atoms with Crippen LogP contribution in [0.1, 0.15) is 28.7 Å². The average molecular weight is 524 g/mol. The quantitative estimate of drug-likeness (QED) is 0.463. The number of rotatable bonds is 2. The van der Waals surface area contributed by atoms with Crippen molar-refractivity contribution in [2.45, 2.75) is 28.7 Å². The van der Waals surface area contributed by atoms with Gasteiger partial charge < -0.3 is 7.66 Å². The van der Waals surface area contributed by atoms with Crippen LogP contribution in [0.5, 0.6) is 0 Å². The summed E-state index contributed by atoms with van der Waals surface area (Å²) < 4.78 is 8.17. The highest BCUT2D eigenvalue weighted by molar-refractivity contribution is 9.06. The topological polar surface area (TPSA) is 52.6 Å². The Balaban J connectivity index is -0.0000000327. The maximum atomic E-state index is 10.1. The Morgan fingerprint density at radius 3 is 1.00 bits per heavy atom. The minimum atomic E-state index is -0.431. The van der Waals surface area contributed by atoms with Crippen LogP contribution in [0.25, 0.3) is 0 Å². The number of halogens is 4. The van der Waals surface area contributed by atoms with E-state index >= 15 is 0 Å². The van der Waals surface area contributed by atoms with Gasteiger partial charge in [-0.25, -0.2) is 9.59 Å². The van der Waals surface area contributed by atoms with Crippen molar-refractivity contribution in [1.29, 1.82) is 0 Å². The van der Waals surface area contributed by atoms with E-state index in [1.165, 1.54) is 0 Å². The van der Waals surface area contributed by atoms with Crippen LogP contribution in [0.2, 0.25) is 0 Å². The van der Waals surface area contributed by atoms with E-state index in [0.717, 1.165) is 0 Å². The zero-order valence-corrected chi connectivity index (χ0v) is 15.2. The Labute approximate surface area is 148 Å². The molecule has 0 aliphatic carbocycles. The first-order chi connectivity index (χ1) is 6.36. The monoisotopic (exact) mass is 520 g/mol. The molecule has 0 aliphatic heterocycles. The van der Waals surface area contributed by atoms with Crippen molar-refractivity contribution in [1.82, 2.24) is 0 Å². The first-order valence-electron chi connectivity index (χ1n) is 3.33. The van der Waals surface area contributed by atoms with E-state index in [0.29, 0.717) is 11.1 Å². The molecule has 0 radical (unpaired) electrons. The largest absolute Gasteiger partial charge is 0.380 e. The lowest BCUT2D eigenvalue weighted by Gasteiger charge is -1.88. The molecule has 0 aromatic carbocycles. The van der Waals surface area contributed by atoms with Gasteiger partial charge in [0, 0.05) is 11.1 Å². The predicted molar refractivity (Wildman–Crippen MR) is 93.8 cm³/mol. The Kier molecular flexibility index (Phi) is 45.3. The average Bonchev–Trinajstić information content (AvgIpc) is 2.15. The van der Waals surface area contributed by atoms with E-state index in [1.807, 2.05) is 0 Å². The van der Waals surface area contributed by atoms with Gasteiger partial charge in [-0.15, -0.1) is 34.0 Å². The van der Waals surface area contributed by atoms with Gasteiger partial charge >= 0.3 is 11.9 Å². The van der Waals surface area contributed by atoms with Gasteiger partial charge in [0.05, 0.1) is 0 Å². The van der Waals surface area contributed by atoms with Gasteiger partial charge in [0.25, 0.3) is 0 Å². The van der Waals surface area contributed by atoms with Crippen LogP contribution < -0.4 is 0 Å². The molecular weight excluding hydrogens is 504 g/mol. The Hall–Kier alpha value is 0.340. The smallest absolute Gasteiger partial charge is 0.344 e. The van der Waals surface area contributed by atoms with Gasteiger partial charge in [0.15, 0.2) is 32.5 Å². The summed E-state index contributed by atoms with van der Waals surface area (Å²) in [5, 5.41) is 0. The molecule has 0 bridgehead atoms. The third-order valence-electron chi connectivity index (χ3n) is 0.837. The molecule has 0 spiro atoms. The summed E-state index contributed by atoms with van der Waals surface area (Å²) >= 11 is 5.01. The van der Waals surface area contributed by atoms with E-state index < -0.39 is 11.9 Å². The zero-order chi connectivity index (χ0) is 11.7. The van der Waals surface area contributed by atoms with Crippen LogP contribution in [0, 0.1) is 0 Å². The summed E-state index contributed by atoms with van der Waals surface area (Å²) in [5.41, 5.74) is 0.772. The van der Waals surface area contributed by atoms with Gasteiger partial charge in [-0.05, 0) is 13.8 Å². The number of hydrogen-bond acceptors (Lipinski definition) is 4. The molecule has 0 aliphatic rings. The van der Waals surface area contributed by atoms with Crippen molar-refractivity contribution in [2.75, 3.05) is 0 Å². The van der Waals surface area contributed by atoms with Crippen LogP contribution in [0.4, 0.5) is 0 Å². The molecule has 0 saturated heterocycles. The van der Waals surface area contributed by atoms with E-state index in [2.05, 4.69) is 53.3 Å². The fraction of sp³-hybridized carbons (Fsp3) is 0.400. The summed E-state index contributed by atoms with van der Waals surface area (Å²) in [7, 11) is 0. The summed E-state index contributed by atoms with van der Waals surface area (Å²) in [6.07, 6.45) is 0. The highest BCUT2D eigenvalue weighted by Crippen LogP contribution is 1.95. The molecule has 8 heteroatoms. The molecule has 0 rings (SSSR count). The molecule has 0 heterocycles. The maximum absolute atomic E-state index is 10.1. The van der Waals surface area contributed by atoms with Crippen molar-refractivity contribution >= 4 is 78.4 Å². The summed E-state index contributed by atoms with van der Waals surface area (Å²) in [6, 6.07) is 0. The lowest BCUT2D eigenvalue weighted by atomic mass is 10.4. The standard InChI is InChI=1S/2C4H5BrO2.2CH4.2BrH/c2*1-3(2)4(6)7-5;;;;/h2*1H2,2H3;2*1H4;2*1H. The number of carbonyl (C=O) groups excluding carboxylic acids is 2. The molecule has 0 fully saturated rings. The van der Waals surface area contributed by atoms with Gasteiger partial charge in [0.1, 0.15) is 0 Å². The van der Waals surface area contributed by atoms with Gasteiger partial charge in [0.2, 0.25) is 0 Å². The fourth-order valence-corrected chi connectivity index (χ4v) is 0.684. The molecule has 4 nitrogen and oxygen atoms in total. The molecule has 0 amide bonds. The van der Waals surface area contributed by atoms with Crippen LogP contribution in [0.3, 0.4) is 0 Å². The van der Waals surface area contributed by atoms with E-state index in [9.17, 15) is 9.59 Å². The second-order valence-electron chi connectivity index (χ2n) is 2.29. The molecule has 0 aromatic heterocycles. The van der Waals surface area contributed by atoms with E-state index in [4.69, 9.17) is 0 Å². The molecule has 0 atom stereocenters. The molecular formula is C10H20Br4O4. The molecule has 0 aromatic rings. The zero-order valence-electron chi connectivity index (χ0n) is 8.62. The minimum Gasteiger partial charge on any atom is -0.380 e. The molecule has 0 N–H and O–H groups in total. The third-order valence-corrected chi connectivity index (χ3v) is 1.43. The number of carbonyl (C=O) groups is 2. The second kappa shape index (κ2) is 22.5.